The molecule has 0 saturated carbocycles. The number of H-pyrrole nitrogens is 1. The Bertz CT molecular complexity index is 741. The molecule has 0 fully saturated rings. The molecule has 0 unspecified atom stereocenters. The maximum Gasteiger partial charge on any atom is 0.138 e. The molecule has 3 N–H and O–H groups in total. The number of aromatic nitrogens is 2. The summed E-state index contributed by atoms with van der Waals surface area (Å²) < 4.78 is 0. The summed E-state index contributed by atoms with van der Waals surface area (Å²) in [6.07, 6.45) is 0. The van der Waals surface area contributed by atoms with E-state index >= 15 is 0 Å². The molecule has 0 aliphatic rings. The van der Waals surface area contributed by atoms with Crippen molar-refractivity contribution in [3.05, 3.63) is 53.1 Å². The minimum Gasteiger partial charge on any atom is -0.338 e. The van der Waals surface area contributed by atoms with E-state index in [1.807, 2.05) is 12.1 Å². The average Bonchev–Trinajstić information content (AvgIpc) is 2.84. The van der Waals surface area contributed by atoms with Gasteiger partial charge in [-0.3, -0.25) is 0 Å². The van der Waals surface area contributed by atoms with Crippen molar-refractivity contribution in [2.75, 3.05) is 0 Å². The van der Waals surface area contributed by atoms with Gasteiger partial charge in [0.15, 0.2) is 0 Å². The van der Waals surface area contributed by atoms with Crippen LogP contribution in [0.1, 0.15) is 16.7 Å². The molecule has 3 nitrogen and oxygen atoms in total. The molecular formula is C16H17N3. The standard InChI is InChI=1S/C16H17N3/c1-10-4-3-5-13(11(10)2)16-18-14-7-6-12(9-17)8-15(14)19-16/h3-8H,9,17H2,1-2H3,(H,18,19). The molecule has 0 saturated heterocycles. The summed E-state index contributed by atoms with van der Waals surface area (Å²) >= 11 is 0. The van der Waals surface area contributed by atoms with Crippen LogP contribution in [-0.2, 0) is 6.54 Å². The van der Waals surface area contributed by atoms with Crippen molar-refractivity contribution < 1.29 is 0 Å². The lowest BCUT2D eigenvalue weighted by Gasteiger charge is -2.05. The fraction of sp³-hybridized carbons (Fsp3) is 0.188. The molecule has 19 heavy (non-hydrogen) atoms. The summed E-state index contributed by atoms with van der Waals surface area (Å²) in [6.45, 7) is 4.80. The van der Waals surface area contributed by atoms with Gasteiger partial charge in [-0.1, -0.05) is 24.3 Å². The maximum atomic E-state index is 5.67. The Morgan fingerprint density at radius 3 is 2.79 bits per heavy atom. The first-order valence-electron chi connectivity index (χ1n) is 6.44. The van der Waals surface area contributed by atoms with Crippen LogP contribution in [0.4, 0.5) is 0 Å². The second kappa shape index (κ2) is 4.52. The minimum absolute atomic E-state index is 0.549. The van der Waals surface area contributed by atoms with Gasteiger partial charge in [0.05, 0.1) is 11.0 Å². The molecule has 96 valence electrons. The molecule has 3 heteroatoms. The number of hydrogen-bond donors (Lipinski definition) is 2. The monoisotopic (exact) mass is 251 g/mol. The predicted octanol–water partition coefficient (Wildman–Crippen LogP) is 3.31. The zero-order chi connectivity index (χ0) is 13.4. The smallest absolute Gasteiger partial charge is 0.138 e. The molecule has 1 aromatic heterocycles. The van der Waals surface area contributed by atoms with Crippen molar-refractivity contribution >= 4 is 11.0 Å². The first-order valence-corrected chi connectivity index (χ1v) is 6.44. The lowest BCUT2D eigenvalue weighted by Crippen LogP contribution is -1.95. The highest BCUT2D eigenvalue weighted by molar-refractivity contribution is 5.80. The van der Waals surface area contributed by atoms with Gasteiger partial charge in [-0.15, -0.1) is 0 Å². The third kappa shape index (κ3) is 2.02. The van der Waals surface area contributed by atoms with Crippen LogP contribution in [0.15, 0.2) is 36.4 Å². The molecular weight excluding hydrogens is 234 g/mol. The van der Waals surface area contributed by atoms with Gasteiger partial charge < -0.3 is 10.7 Å². The van der Waals surface area contributed by atoms with Crippen LogP contribution < -0.4 is 5.73 Å². The Morgan fingerprint density at radius 1 is 1.16 bits per heavy atom. The number of nitrogens with zero attached hydrogens (tertiary/aromatic N) is 1. The van der Waals surface area contributed by atoms with Crippen LogP contribution in [0.5, 0.6) is 0 Å². The molecule has 0 aliphatic carbocycles. The van der Waals surface area contributed by atoms with Crippen LogP contribution in [0.2, 0.25) is 0 Å². The summed E-state index contributed by atoms with van der Waals surface area (Å²) in [4.78, 5) is 8.05. The fourth-order valence-electron chi connectivity index (χ4n) is 2.32. The molecule has 0 atom stereocenters. The summed E-state index contributed by atoms with van der Waals surface area (Å²) in [5.74, 6) is 0.922. The van der Waals surface area contributed by atoms with E-state index in [0.29, 0.717) is 6.54 Å². The molecule has 0 amide bonds. The summed E-state index contributed by atoms with van der Waals surface area (Å²) in [7, 11) is 0. The summed E-state index contributed by atoms with van der Waals surface area (Å²) in [5.41, 5.74) is 12.5. The van der Waals surface area contributed by atoms with E-state index in [1.54, 1.807) is 0 Å². The van der Waals surface area contributed by atoms with Crippen LogP contribution in [0.3, 0.4) is 0 Å². The van der Waals surface area contributed by atoms with Gasteiger partial charge in [0.1, 0.15) is 5.82 Å². The first-order chi connectivity index (χ1) is 9.19. The van der Waals surface area contributed by atoms with Gasteiger partial charge in [-0.2, -0.15) is 0 Å². The van der Waals surface area contributed by atoms with Gasteiger partial charge in [0.2, 0.25) is 0 Å². The Hall–Kier alpha value is -2.13. The summed E-state index contributed by atoms with van der Waals surface area (Å²) in [5, 5.41) is 0. The Morgan fingerprint density at radius 2 is 2.00 bits per heavy atom. The number of hydrogen-bond acceptors (Lipinski definition) is 2. The topological polar surface area (TPSA) is 54.7 Å². The number of benzene rings is 2. The number of nitrogens with two attached hydrogens (primary N) is 1. The van der Waals surface area contributed by atoms with Crippen LogP contribution in [-0.4, -0.2) is 9.97 Å². The van der Waals surface area contributed by atoms with Gasteiger partial charge >= 0.3 is 0 Å². The molecule has 1 heterocycles. The quantitative estimate of drug-likeness (QED) is 0.734. The Labute approximate surface area is 112 Å². The zero-order valence-corrected chi connectivity index (χ0v) is 11.2. The number of fused-ring (bicyclic) bond motifs is 1. The van der Waals surface area contributed by atoms with Crippen molar-refractivity contribution in [1.29, 1.82) is 0 Å². The Kier molecular flexibility index (Phi) is 2.84. The molecule has 3 rings (SSSR count). The lowest BCUT2D eigenvalue weighted by atomic mass is 10.0. The van der Waals surface area contributed by atoms with Crippen molar-refractivity contribution in [2.45, 2.75) is 20.4 Å². The number of nitrogens with one attached hydrogen (secondary N) is 1. The average molecular weight is 251 g/mol. The molecule has 0 radical (unpaired) electrons. The molecule has 3 aromatic rings. The summed E-state index contributed by atoms with van der Waals surface area (Å²) in [6, 6.07) is 12.4. The lowest BCUT2D eigenvalue weighted by molar-refractivity contribution is 1.07. The SMILES string of the molecule is Cc1cccc(-c2nc3ccc(CN)cc3[nH]2)c1C. The van der Waals surface area contributed by atoms with E-state index in [4.69, 9.17) is 5.73 Å². The largest absolute Gasteiger partial charge is 0.338 e. The van der Waals surface area contributed by atoms with E-state index in [-0.39, 0.29) is 0 Å². The molecule has 0 spiro atoms. The second-order valence-electron chi connectivity index (χ2n) is 4.89. The van der Waals surface area contributed by atoms with Gasteiger partial charge in [0.25, 0.3) is 0 Å². The molecule has 2 aromatic carbocycles. The van der Waals surface area contributed by atoms with Crippen molar-refractivity contribution in [3.63, 3.8) is 0 Å². The Balaban J connectivity index is 2.18. The zero-order valence-electron chi connectivity index (χ0n) is 11.2. The van der Waals surface area contributed by atoms with Crippen molar-refractivity contribution in [1.82, 2.24) is 9.97 Å². The van der Waals surface area contributed by atoms with Crippen LogP contribution >= 0.6 is 0 Å². The predicted molar refractivity (Wildman–Crippen MR) is 78.9 cm³/mol. The molecule has 0 aliphatic heterocycles. The van der Waals surface area contributed by atoms with Crippen molar-refractivity contribution in [3.8, 4) is 11.4 Å². The highest BCUT2D eigenvalue weighted by Crippen LogP contribution is 2.25. The highest BCUT2D eigenvalue weighted by Gasteiger charge is 2.09. The number of aromatic amines is 1. The van der Waals surface area contributed by atoms with Crippen LogP contribution in [0.25, 0.3) is 22.4 Å². The highest BCUT2D eigenvalue weighted by atomic mass is 14.9. The van der Waals surface area contributed by atoms with Crippen molar-refractivity contribution in [2.24, 2.45) is 5.73 Å². The first kappa shape index (κ1) is 11.9. The maximum absolute atomic E-state index is 5.67. The van der Waals surface area contributed by atoms with Gasteiger partial charge in [-0.25, -0.2) is 4.98 Å². The second-order valence-corrected chi connectivity index (χ2v) is 4.89. The van der Waals surface area contributed by atoms with Gasteiger partial charge in [-0.05, 0) is 42.7 Å². The normalized spacial score (nSPS) is 11.1. The fourth-order valence-corrected chi connectivity index (χ4v) is 2.32. The minimum atomic E-state index is 0.549. The third-order valence-electron chi connectivity index (χ3n) is 3.64. The molecule has 0 bridgehead atoms. The number of imidazole rings is 1. The van der Waals surface area contributed by atoms with E-state index < -0.39 is 0 Å². The van der Waals surface area contributed by atoms with Crippen LogP contribution in [0, 0.1) is 13.8 Å². The van der Waals surface area contributed by atoms with E-state index in [9.17, 15) is 0 Å². The number of aryl methyl sites for hydroxylation is 1. The van der Waals surface area contributed by atoms with Gasteiger partial charge in [0, 0.05) is 12.1 Å². The van der Waals surface area contributed by atoms with E-state index in [0.717, 1.165) is 28.0 Å². The van der Waals surface area contributed by atoms with E-state index in [2.05, 4.69) is 48.1 Å². The number of rotatable bonds is 2. The third-order valence-corrected chi connectivity index (χ3v) is 3.64. The van der Waals surface area contributed by atoms with E-state index in [1.165, 1.54) is 11.1 Å².